The summed E-state index contributed by atoms with van der Waals surface area (Å²) >= 11 is 0. The Morgan fingerprint density at radius 2 is 2.26 bits per heavy atom. The maximum absolute atomic E-state index is 9.41. The number of hydrogen-bond donors (Lipinski definition) is 2. The lowest BCUT2D eigenvalue weighted by Gasteiger charge is -2.32. The van der Waals surface area contributed by atoms with E-state index in [9.17, 15) is 5.11 Å². The highest BCUT2D eigenvalue weighted by Crippen LogP contribution is 2.26. The van der Waals surface area contributed by atoms with Gasteiger partial charge in [-0.2, -0.15) is 4.98 Å². The molecule has 0 saturated heterocycles. The molecule has 2 rings (SSSR count). The Kier molecular flexibility index (Phi) is 5.30. The molecular weight excluding hydrogens is 246 g/mol. The molecule has 0 aliphatic heterocycles. The predicted octanol–water partition coefficient (Wildman–Crippen LogP) is 1.42. The van der Waals surface area contributed by atoms with Gasteiger partial charge in [-0.25, -0.2) is 0 Å². The maximum Gasteiger partial charge on any atom is 0.243 e. The first-order valence-corrected chi connectivity index (χ1v) is 6.93. The molecule has 1 fully saturated rings. The summed E-state index contributed by atoms with van der Waals surface area (Å²) in [7, 11) is 1.60. The van der Waals surface area contributed by atoms with Crippen LogP contribution >= 0.6 is 0 Å². The summed E-state index contributed by atoms with van der Waals surface area (Å²) in [4.78, 5) is 4.29. The quantitative estimate of drug-likeness (QED) is 0.813. The molecule has 2 N–H and O–H groups in total. The van der Waals surface area contributed by atoms with Gasteiger partial charge in [0.2, 0.25) is 5.89 Å². The lowest BCUT2D eigenvalue weighted by molar-refractivity contribution is 0.143. The van der Waals surface area contributed by atoms with Gasteiger partial charge >= 0.3 is 0 Å². The van der Waals surface area contributed by atoms with E-state index in [1.807, 2.05) is 6.92 Å². The van der Waals surface area contributed by atoms with Crippen molar-refractivity contribution in [2.45, 2.75) is 51.3 Å². The van der Waals surface area contributed by atoms with Crippen LogP contribution in [0.25, 0.3) is 0 Å². The van der Waals surface area contributed by atoms with Crippen molar-refractivity contribution in [3.05, 3.63) is 11.7 Å². The molecule has 1 aliphatic rings. The summed E-state index contributed by atoms with van der Waals surface area (Å²) < 4.78 is 10.2. The van der Waals surface area contributed by atoms with Crippen molar-refractivity contribution in [3.63, 3.8) is 0 Å². The Hall–Kier alpha value is -0.980. The number of rotatable bonds is 6. The van der Waals surface area contributed by atoms with Crippen molar-refractivity contribution in [1.29, 1.82) is 0 Å². The summed E-state index contributed by atoms with van der Waals surface area (Å²) in [6.45, 7) is 2.61. The van der Waals surface area contributed by atoms with Crippen molar-refractivity contribution in [2.24, 2.45) is 5.92 Å². The zero-order chi connectivity index (χ0) is 13.7. The molecule has 1 saturated carbocycles. The summed E-state index contributed by atoms with van der Waals surface area (Å²) in [5.41, 5.74) is 0. The molecule has 1 heterocycles. The molecule has 1 aromatic rings. The van der Waals surface area contributed by atoms with Crippen LogP contribution in [0.2, 0.25) is 0 Å². The molecular formula is C13H23N3O3. The van der Waals surface area contributed by atoms with Crippen LogP contribution in [0.4, 0.5) is 0 Å². The number of aliphatic hydroxyl groups excluding tert-OH is 1. The lowest BCUT2D eigenvalue weighted by Crippen LogP contribution is -2.41. The highest BCUT2D eigenvalue weighted by molar-refractivity contribution is 4.93. The van der Waals surface area contributed by atoms with E-state index in [4.69, 9.17) is 9.26 Å². The third-order valence-electron chi connectivity index (χ3n) is 3.74. The Bertz CT molecular complexity index is 383. The van der Waals surface area contributed by atoms with Gasteiger partial charge in [0.25, 0.3) is 0 Å². The summed E-state index contributed by atoms with van der Waals surface area (Å²) in [6.07, 6.45) is 4.59. The lowest BCUT2D eigenvalue weighted by atomic mass is 9.84. The second-order valence-electron chi connectivity index (χ2n) is 5.20. The molecule has 1 aliphatic carbocycles. The third-order valence-corrected chi connectivity index (χ3v) is 3.74. The summed E-state index contributed by atoms with van der Waals surface area (Å²) in [5.74, 6) is 1.47. The normalized spacial score (nSPS) is 25.4. The Balaban J connectivity index is 1.92. The van der Waals surface area contributed by atoms with Crippen molar-refractivity contribution < 1.29 is 14.4 Å². The third kappa shape index (κ3) is 3.75. The Morgan fingerprint density at radius 3 is 3.00 bits per heavy atom. The Morgan fingerprint density at radius 1 is 1.47 bits per heavy atom. The smallest absolute Gasteiger partial charge is 0.243 e. The first kappa shape index (κ1) is 14.4. The molecule has 0 radical (unpaired) electrons. The van der Waals surface area contributed by atoms with Crippen LogP contribution < -0.4 is 5.32 Å². The fraction of sp³-hybridized carbons (Fsp3) is 0.846. The van der Waals surface area contributed by atoms with Crippen LogP contribution in [0.15, 0.2) is 4.52 Å². The SMILES string of the molecule is COCc1noc([C@H](C)N[C@H]2CCCC[C@H]2CO)n1. The van der Waals surface area contributed by atoms with Gasteiger partial charge in [-0.3, -0.25) is 0 Å². The molecule has 0 amide bonds. The monoisotopic (exact) mass is 269 g/mol. The number of aromatic nitrogens is 2. The van der Waals surface area contributed by atoms with Crippen molar-refractivity contribution >= 4 is 0 Å². The topological polar surface area (TPSA) is 80.4 Å². The minimum atomic E-state index is -0.00439. The number of nitrogens with one attached hydrogen (secondary N) is 1. The second kappa shape index (κ2) is 6.98. The zero-order valence-corrected chi connectivity index (χ0v) is 11.6. The van der Waals surface area contributed by atoms with Gasteiger partial charge in [-0.15, -0.1) is 0 Å². The van der Waals surface area contributed by atoms with Gasteiger partial charge in [0, 0.05) is 19.8 Å². The van der Waals surface area contributed by atoms with E-state index in [2.05, 4.69) is 15.5 Å². The molecule has 6 heteroatoms. The number of aliphatic hydroxyl groups is 1. The number of ether oxygens (including phenoxy) is 1. The van der Waals surface area contributed by atoms with Crippen molar-refractivity contribution in [3.8, 4) is 0 Å². The van der Waals surface area contributed by atoms with Gasteiger partial charge in [0.05, 0.1) is 6.04 Å². The number of hydrogen-bond acceptors (Lipinski definition) is 6. The minimum Gasteiger partial charge on any atom is -0.396 e. The van der Waals surface area contributed by atoms with E-state index in [1.165, 1.54) is 12.8 Å². The molecule has 3 atom stereocenters. The maximum atomic E-state index is 9.41. The molecule has 1 aromatic heterocycles. The first-order chi connectivity index (χ1) is 9.24. The van der Waals surface area contributed by atoms with Crippen LogP contribution in [-0.4, -0.2) is 35.0 Å². The Labute approximate surface area is 113 Å². The average Bonchev–Trinajstić information content (AvgIpc) is 2.88. The first-order valence-electron chi connectivity index (χ1n) is 6.93. The fourth-order valence-electron chi connectivity index (χ4n) is 2.67. The van der Waals surface area contributed by atoms with Crippen molar-refractivity contribution in [2.75, 3.05) is 13.7 Å². The minimum absolute atomic E-state index is 0.00439. The van der Waals surface area contributed by atoms with Crippen LogP contribution in [0.5, 0.6) is 0 Å². The fourth-order valence-corrected chi connectivity index (χ4v) is 2.67. The molecule has 0 aromatic carbocycles. The van der Waals surface area contributed by atoms with E-state index in [0.717, 1.165) is 12.8 Å². The summed E-state index contributed by atoms with van der Waals surface area (Å²) in [5, 5.41) is 16.8. The molecule has 0 spiro atoms. The summed E-state index contributed by atoms with van der Waals surface area (Å²) in [6, 6.07) is 0.321. The molecule has 0 bridgehead atoms. The van der Waals surface area contributed by atoms with Gasteiger partial charge in [0.1, 0.15) is 6.61 Å². The second-order valence-corrected chi connectivity index (χ2v) is 5.20. The van der Waals surface area contributed by atoms with Crippen LogP contribution in [0, 0.1) is 5.92 Å². The molecule has 108 valence electrons. The highest BCUT2D eigenvalue weighted by Gasteiger charge is 2.27. The number of nitrogens with zero attached hydrogens (tertiary/aromatic N) is 2. The highest BCUT2D eigenvalue weighted by atomic mass is 16.5. The van der Waals surface area contributed by atoms with E-state index < -0.39 is 0 Å². The van der Waals surface area contributed by atoms with Crippen LogP contribution in [0.1, 0.15) is 50.4 Å². The predicted molar refractivity (Wildman–Crippen MR) is 69.4 cm³/mol. The van der Waals surface area contributed by atoms with E-state index in [0.29, 0.717) is 30.3 Å². The van der Waals surface area contributed by atoms with Gasteiger partial charge in [-0.1, -0.05) is 18.0 Å². The van der Waals surface area contributed by atoms with Crippen LogP contribution in [-0.2, 0) is 11.3 Å². The molecule has 0 unspecified atom stereocenters. The standard InChI is InChI=1S/C13H23N3O3/c1-9(13-15-12(8-18-2)16-19-13)14-11-6-4-3-5-10(11)7-17/h9-11,14,17H,3-8H2,1-2H3/t9-,10-,11-/m0/s1. The number of methoxy groups -OCH3 is 1. The van der Waals surface area contributed by atoms with E-state index in [1.54, 1.807) is 7.11 Å². The average molecular weight is 269 g/mol. The zero-order valence-electron chi connectivity index (χ0n) is 11.6. The van der Waals surface area contributed by atoms with E-state index >= 15 is 0 Å². The largest absolute Gasteiger partial charge is 0.396 e. The van der Waals surface area contributed by atoms with Gasteiger partial charge in [-0.05, 0) is 25.7 Å². The van der Waals surface area contributed by atoms with Crippen LogP contribution in [0.3, 0.4) is 0 Å². The van der Waals surface area contributed by atoms with E-state index in [-0.39, 0.29) is 12.6 Å². The van der Waals surface area contributed by atoms with Gasteiger partial charge < -0.3 is 19.7 Å². The molecule has 19 heavy (non-hydrogen) atoms. The molecule has 6 nitrogen and oxygen atoms in total. The van der Waals surface area contributed by atoms with Crippen molar-refractivity contribution in [1.82, 2.24) is 15.5 Å². The van der Waals surface area contributed by atoms with Gasteiger partial charge in [0.15, 0.2) is 5.82 Å².